The van der Waals surface area contributed by atoms with Crippen molar-refractivity contribution in [1.29, 1.82) is 0 Å². The highest BCUT2D eigenvalue weighted by molar-refractivity contribution is 5.11. The van der Waals surface area contributed by atoms with Gasteiger partial charge in [-0.3, -0.25) is 0 Å². The van der Waals surface area contributed by atoms with Crippen LogP contribution in [0.2, 0.25) is 0 Å². The second-order valence-electron chi connectivity index (χ2n) is 3.70. The van der Waals surface area contributed by atoms with Crippen LogP contribution < -0.4 is 0 Å². The minimum atomic E-state index is 0.509. The lowest BCUT2D eigenvalue weighted by Crippen LogP contribution is -2.30. The predicted molar refractivity (Wildman–Crippen MR) is 60.8 cm³/mol. The topological polar surface area (TPSA) is 3.24 Å². The third-order valence-corrected chi connectivity index (χ3v) is 1.95. The summed E-state index contributed by atoms with van der Waals surface area (Å²) in [6.07, 6.45) is 10.0. The van der Waals surface area contributed by atoms with Gasteiger partial charge >= 0.3 is 0 Å². The molecule has 0 aromatic rings. The van der Waals surface area contributed by atoms with E-state index in [1.54, 1.807) is 6.08 Å². The Labute approximate surface area is 82.4 Å². The summed E-state index contributed by atoms with van der Waals surface area (Å²) >= 11 is 0. The molecule has 0 rings (SSSR count). The molecular formula is C12H21N. The summed E-state index contributed by atoms with van der Waals surface area (Å²) in [5.41, 5.74) is 0. The molecule has 0 saturated heterocycles. The molecule has 1 heteroatoms. The van der Waals surface area contributed by atoms with Crippen molar-refractivity contribution < 1.29 is 0 Å². The Morgan fingerprint density at radius 1 is 1.08 bits per heavy atom. The lowest BCUT2D eigenvalue weighted by Gasteiger charge is -2.24. The molecule has 0 saturated carbocycles. The van der Waals surface area contributed by atoms with Crippen LogP contribution in [-0.2, 0) is 0 Å². The molecule has 1 atom stereocenters. The van der Waals surface area contributed by atoms with Crippen molar-refractivity contribution in [3.63, 3.8) is 0 Å². The van der Waals surface area contributed by atoms with Crippen LogP contribution in [0.3, 0.4) is 0 Å². The maximum Gasteiger partial charge on any atom is 0.0298 e. The normalized spacial score (nSPS) is 14.9. The summed E-state index contributed by atoms with van der Waals surface area (Å²) in [5.74, 6) is 0.642. The fourth-order valence-corrected chi connectivity index (χ4v) is 1.31. The molecule has 1 nitrogen and oxygen atoms in total. The molecule has 13 heavy (non-hydrogen) atoms. The molecule has 0 aliphatic heterocycles. The minimum absolute atomic E-state index is 0.509. The van der Waals surface area contributed by atoms with Gasteiger partial charge in [-0.1, -0.05) is 50.8 Å². The molecule has 0 radical (unpaired) electrons. The molecule has 1 unspecified atom stereocenters. The predicted octanol–water partition coefficient (Wildman–Crippen LogP) is 2.87. The largest absolute Gasteiger partial charge is 0.303 e. The highest BCUT2D eigenvalue weighted by Crippen LogP contribution is 2.08. The van der Waals surface area contributed by atoms with E-state index in [1.165, 1.54) is 0 Å². The van der Waals surface area contributed by atoms with Gasteiger partial charge in [0.25, 0.3) is 0 Å². The van der Waals surface area contributed by atoms with Crippen LogP contribution in [0.5, 0.6) is 0 Å². The third-order valence-electron chi connectivity index (χ3n) is 1.95. The standard InChI is InChI=1S/C12H21N/c1-6-7-8-9-10-12(11(2)3)13(4)5/h6-12H,1H2,2-5H3/b8-7+,10-9-. The Hall–Kier alpha value is -0.820. The molecule has 0 amide bonds. The Morgan fingerprint density at radius 3 is 2.08 bits per heavy atom. The number of nitrogens with zero attached hydrogens (tertiary/aromatic N) is 1. The molecule has 0 fully saturated rings. The zero-order chi connectivity index (χ0) is 10.3. The average Bonchev–Trinajstić information content (AvgIpc) is 2.02. The highest BCUT2D eigenvalue weighted by atomic mass is 15.1. The van der Waals surface area contributed by atoms with Gasteiger partial charge in [0, 0.05) is 6.04 Å². The zero-order valence-corrected chi connectivity index (χ0v) is 9.20. The van der Waals surface area contributed by atoms with E-state index in [0.717, 1.165) is 0 Å². The van der Waals surface area contributed by atoms with Crippen LogP contribution in [0.15, 0.2) is 37.0 Å². The molecular weight excluding hydrogens is 158 g/mol. The number of hydrogen-bond acceptors (Lipinski definition) is 1. The molecule has 0 heterocycles. The number of allylic oxidation sites excluding steroid dienone is 4. The van der Waals surface area contributed by atoms with Gasteiger partial charge in [-0.2, -0.15) is 0 Å². The summed E-state index contributed by atoms with van der Waals surface area (Å²) in [5, 5.41) is 0. The van der Waals surface area contributed by atoms with Gasteiger partial charge in [0.1, 0.15) is 0 Å². The SMILES string of the molecule is C=C/C=C/C=C\C(C(C)C)N(C)C. The third kappa shape index (κ3) is 5.42. The van der Waals surface area contributed by atoms with E-state index in [2.05, 4.69) is 51.6 Å². The van der Waals surface area contributed by atoms with Gasteiger partial charge in [0.2, 0.25) is 0 Å². The van der Waals surface area contributed by atoms with Gasteiger partial charge in [0.15, 0.2) is 0 Å². The fourth-order valence-electron chi connectivity index (χ4n) is 1.31. The molecule has 0 aromatic heterocycles. The van der Waals surface area contributed by atoms with Gasteiger partial charge in [-0.25, -0.2) is 0 Å². The van der Waals surface area contributed by atoms with Crippen molar-refractivity contribution in [2.45, 2.75) is 19.9 Å². The van der Waals surface area contributed by atoms with Crippen molar-refractivity contribution in [1.82, 2.24) is 4.90 Å². The van der Waals surface area contributed by atoms with Gasteiger partial charge in [-0.05, 0) is 20.0 Å². The van der Waals surface area contributed by atoms with Crippen molar-refractivity contribution in [3.8, 4) is 0 Å². The van der Waals surface area contributed by atoms with Crippen LogP contribution in [0.25, 0.3) is 0 Å². The second-order valence-corrected chi connectivity index (χ2v) is 3.70. The van der Waals surface area contributed by atoms with Crippen LogP contribution in [0.1, 0.15) is 13.8 Å². The maximum absolute atomic E-state index is 3.62. The van der Waals surface area contributed by atoms with Gasteiger partial charge < -0.3 is 4.90 Å². The summed E-state index contributed by atoms with van der Waals surface area (Å²) in [6.45, 7) is 8.07. The summed E-state index contributed by atoms with van der Waals surface area (Å²) < 4.78 is 0. The monoisotopic (exact) mass is 179 g/mol. The molecule has 0 aliphatic rings. The highest BCUT2D eigenvalue weighted by Gasteiger charge is 2.10. The molecule has 0 N–H and O–H groups in total. The summed E-state index contributed by atoms with van der Waals surface area (Å²) in [6, 6.07) is 0.509. The van der Waals surface area contributed by atoms with Crippen LogP contribution in [-0.4, -0.2) is 25.0 Å². The van der Waals surface area contributed by atoms with E-state index in [0.29, 0.717) is 12.0 Å². The van der Waals surface area contributed by atoms with Crippen LogP contribution in [0.4, 0.5) is 0 Å². The number of hydrogen-bond donors (Lipinski definition) is 0. The molecule has 0 bridgehead atoms. The first-order valence-electron chi connectivity index (χ1n) is 4.72. The summed E-state index contributed by atoms with van der Waals surface area (Å²) in [4.78, 5) is 2.23. The van der Waals surface area contributed by atoms with E-state index in [4.69, 9.17) is 0 Å². The zero-order valence-electron chi connectivity index (χ0n) is 9.20. The number of rotatable bonds is 5. The van der Waals surface area contributed by atoms with Crippen molar-refractivity contribution in [2.24, 2.45) is 5.92 Å². The first-order valence-corrected chi connectivity index (χ1v) is 4.72. The van der Waals surface area contributed by atoms with E-state index < -0.39 is 0 Å². The van der Waals surface area contributed by atoms with E-state index in [-0.39, 0.29) is 0 Å². The van der Waals surface area contributed by atoms with Crippen molar-refractivity contribution in [2.75, 3.05) is 14.1 Å². The quantitative estimate of drug-likeness (QED) is 0.587. The van der Waals surface area contributed by atoms with Crippen LogP contribution >= 0.6 is 0 Å². The first kappa shape index (κ1) is 12.2. The van der Waals surface area contributed by atoms with E-state index in [9.17, 15) is 0 Å². The van der Waals surface area contributed by atoms with Crippen LogP contribution in [0, 0.1) is 5.92 Å². The Kier molecular flexibility index (Phi) is 6.25. The lowest BCUT2D eigenvalue weighted by molar-refractivity contribution is 0.280. The lowest BCUT2D eigenvalue weighted by atomic mass is 10.0. The molecule has 0 aliphatic carbocycles. The fraction of sp³-hybridized carbons (Fsp3) is 0.500. The summed E-state index contributed by atoms with van der Waals surface area (Å²) in [7, 11) is 4.21. The molecule has 0 aromatic carbocycles. The molecule has 74 valence electrons. The Bertz CT molecular complexity index is 179. The van der Waals surface area contributed by atoms with Crippen molar-refractivity contribution >= 4 is 0 Å². The minimum Gasteiger partial charge on any atom is -0.303 e. The number of likely N-dealkylation sites (N-methyl/N-ethyl adjacent to an activating group) is 1. The van der Waals surface area contributed by atoms with E-state index in [1.807, 2.05) is 12.2 Å². The van der Waals surface area contributed by atoms with E-state index >= 15 is 0 Å². The Morgan fingerprint density at radius 2 is 1.69 bits per heavy atom. The average molecular weight is 179 g/mol. The maximum atomic E-state index is 3.62. The first-order chi connectivity index (χ1) is 6.09. The molecule has 0 spiro atoms. The van der Waals surface area contributed by atoms with Crippen molar-refractivity contribution in [3.05, 3.63) is 37.0 Å². The Balaban J connectivity index is 4.17. The van der Waals surface area contributed by atoms with Gasteiger partial charge in [-0.15, -0.1) is 0 Å². The van der Waals surface area contributed by atoms with Gasteiger partial charge in [0.05, 0.1) is 0 Å². The second kappa shape index (κ2) is 6.67. The smallest absolute Gasteiger partial charge is 0.0298 e.